The van der Waals surface area contributed by atoms with E-state index in [2.05, 4.69) is 25.9 Å². The lowest BCUT2D eigenvalue weighted by molar-refractivity contribution is -0.123. The van der Waals surface area contributed by atoms with Crippen molar-refractivity contribution < 1.29 is 18.0 Å². The van der Waals surface area contributed by atoms with Gasteiger partial charge in [-0.3, -0.25) is 4.79 Å². The third-order valence-corrected chi connectivity index (χ3v) is 1.61. The Morgan fingerprint density at radius 3 is 2.71 bits per heavy atom. The Hall–Kier alpha value is -1.05. The zero-order valence-electron chi connectivity index (χ0n) is 6.65. The first-order valence-electron chi connectivity index (χ1n) is 3.44. The predicted molar refractivity (Wildman–Crippen MR) is 44.7 cm³/mol. The second kappa shape index (κ2) is 3.99. The lowest BCUT2D eigenvalue weighted by Gasteiger charge is -2.06. The number of hydrogen-bond donors (Lipinski definition) is 2. The van der Waals surface area contributed by atoms with Crippen LogP contribution in [0.1, 0.15) is 10.6 Å². The number of alkyl halides is 3. The first kappa shape index (κ1) is 11.0. The van der Waals surface area contributed by atoms with Crippen molar-refractivity contribution >= 4 is 21.8 Å². The SMILES string of the molecule is O=C(NCC(F)(F)F)c1ncc(Br)[nH]1. The number of aromatic nitrogens is 2. The number of hydrogen-bond acceptors (Lipinski definition) is 2. The Bertz CT molecular complexity index is 335. The molecule has 0 aliphatic carbocycles. The number of aromatic amines is 1. The van der Waals surface area contributed by atoms with E-state index in [4.69, 9.17) is 0 Å². The van der Waals surface area contributed by atoms with Gasteiger partial charge in [0.2, 0.25) is 0 Å². The van der Waals surface area contributed by atoms with Gasteiger partial charge in [-0.25, -0.2) is 4.98 Å². The maximum absolute atomic E-state index is 11.7. The van der Waals surface area contributed by atoms with Gasteiger partial charge in [-0.2, -0.15) is 13.2 Å². The first-order chi connectivity index (χ1) is 6.38. The van der Waals surface area contributed by atoms with Crippen LogP contribution in [0.5, 0.6) is 0 Å². The fourth-order valence-corrected chi connectivity index (χ4v) is 0.969. The summed E-state index contributed by atoms with van der Waals surface area (Å²) in [7, 11) is 0. The van der Waals surface area contributed by atoms with Gasteiger partial charge in [-0.1, -0.05) is 0 Å². The summed E-state index contributed by atoms with van der Waals surface area (Å²) >= 11 is 2.97. The van der Waals surface area contributed by atoms with Crippen LogP contribution in [0.25, 0.3) is 0 Å². The Morgan fingerprint density at radius 2 is 2.29 bits per heavy atom. The smallest absolute Gasteiger partial charge is 0.340 e. The summed E-state index contributed by atoms with van der Waals surface area (Å²) in [6.07, 6.45) is -3.14. The molecule has 14 heavy (non-hydrogen) atoms. The van der Waals surface area contributed by atoms with Crippen LogP contribution in [0.2, 0.25) is 0 Å². The molecule has 0 unspecified atom stereocenters. The highest BCUT2D eigenvalue weighted by Crippen LogP contribution is 2.12. The van der Waals surface area contributed by atoms with Crippen molar-refractivity contribution in [1.29, 1.82) is 0 Å². The molecular formula is C6H5BrF3N3O. The van der Waals surface area contributed by atoms with Crippen LogP contribution in [0.3, 0.4) is 0 Å². The van der Waals surface area contributed by atoms with Crippen molar-refractivity contribution in [3.8, 4) is 0 Å². The maximum Gasteiger partial charge on any atom is 0.405 e. The van der Waals surface area contributed by atoms with Gasteiger partial charge in [-0.05, 0) is 15.9 Å². The quantitative estimate of drug-likeness (QED) is 0.856. The van der Waals surface area contributed by atoms with Gasteiger partial charge in [0.25, 0.3) is 5.91 Å². The lowest BCUT2D eigenvalue weighted by Crippen LogP contribution is -2.34. The molecule has 0 spiro atoms. The van der Waals surface area contributed by atoms with E-state index in [1.54, 1.807) is 5.32 Å². The molecule has 0 aliphatic rings. The van der Waals surface area contributed by atoms with Crippen LogP contribution in [0.4, 0.5) is 13.2 Å². The van der Waals surface area contributed by atoms with E-state index in [1.807, 2.05) is 0 Å². The normalized spacial score (nSPS) is 11.4. The van der Waals surface area contributed by atoms with Crippen LogP contribution in [-0.2, 0) is 0 Å². The standard InChI is InChI=1S/C6H5BrF3N3O/c7-3-1-11-4(13-3)5(14)12-2-6(8,9)10/h1H,2H2,(H,11,13)(H,12,14). The summed E-state index contributed by atoms with van der Waals surface area (Å²) < 4.78 is 35.5. The average molecular weight is 272 g/mol. The zero-order valence-corrected chi connectivity index (χ0v) is 8.24. The fraction of sp³-hybridized carbons (Fsp3) is 0.333. The summed E-state index contributed by atoms with van der Waals surface area (Å²) in [5.74, 6) is -1.06. The maximum atomic E-state index is 11.7. The molecule has 1 amide bonds. The van der Waals surface area contributed by atoms with Gasteiger partial charge in [0.15, 0.2) is 5.82 Å². The molecule has 1 heterocycles. The second-order valence-corrected chi connectivity index (χ2v) is 3.23. The number of rotatable bonds is 2. The summed E-state index contributed by atoms with van der Waals surface area (Å²) in [5.41, 5.74) is 0. The van der Waals surface area contributed by atoms with Gasteiger partial charge in [0.05, 0.1) is 6.20 Å². The average Bonchev–Trinajstić information content (AvgIpc) is 2.46. The van der Waals surface area contributed by atoms with Gasteiger partial charge in [0, 0.05) is 0 Å². The molecule has 1 aromatic heterocycles. The Kier molecular flexibility index (Phi) is 3.14. The topological polar surface area (TPSA) is 57.8 Å². The van der Waals surface area contributed by atoms with E-state index in [0.29, 0.717) is 4.60 Å². The molecular weight excluding hydrogens is 267 g/mol. The van der Waals surface area contributed by atoms with E-state index in [9.17, 15) is 18.0 Å². The van der Waals surface area contributed by atoms with Crippen LogP contribution in [-0.4, -0.2) is 28.6 Å². The van der Waals surface area contributed by atoms with E-state index < -0.39 is 18.6 Å². The highest BCUT2D eigenvalue weighted by atomic mass is 79.9. The fourth-order valence-electron chi connectivity index (χ4n) is 0.678. The minimum absolute atomic E-state index is 0.166. The van der Waals surface area contributed by atoms with Crippen molar-refractivity contribution in [3.05, 3.63) is 16.6 Å². The van der Waals surface area contributed by atoms with Gasteiger partial charge in [0.1, 0.15) is 11.1 Å². The highest BCUT2D eigenvalue weighted by Gasteiger charge is 2.28. The molecule has 1 aromatic rings. The molecule has 8 heteroatoms. The number of imidazole rings is 1. The van der Waals surface area contributed by atoms with E-state index in [1.165, 1.54) is 6.20 Å². The van der Waals surface area contributed by atoms with E-state index in [0.717, 1.165) is 0 Å². The van der Waals surface area contributed by atoms with Crippen molar-refractivity contribution in [1.82, 2.24) is 15.3 Å². The minimum atomic E-state index is -4.42. The van der Waals surface area contributed by atoms with Crippen LogP contribution in [0.15, 0.2) is 10.8 Å². The molecule has 0 bridgehead atoms. The van der Waals surface area contributed by atoms with Crippen LogP contribution >= 0.6 is 15.9 Å². The van der Waals surface area contributed by atoms with Crippen LogP contribution < -0.4 is 5.32 Å². The van der Waals surface area contributed by atoms with Crippen molar-refractivity contribution in [3.63, 3.8) is 0 Å². The zero-order chi connectivity index (χ0) is 10.8. The molecule has 0 saturated carbocycles. The molecule has 4 nitrogen and oxygen atoms in total. The van der Waals surface area contributed by atoms with Crippen molar-refractivity contribution in [2.75, 3.05) is 6.54 Å². The summed E-state index contributed by atoms with van der Waals surface area (Å²) in [6, 6.07) is 0. The number of nitrogens with one attached hydrogen (secondary N) is 2. The van der Waals surface area contributed by atoms with Crippen LogP contribution in [0, 0.1) is 0 Å². The Balaban J connectivity index is 2.52. The summed E-state index contributed by atoms with van der Waals surface area (Å²) in [4.78, 5) is 17.0. The lowest BCUT2D eigenvalue weighted by atomic mass is 10.5. The van der Waals surface area contributed by atoms with Gasteiger partial charge >= 0.3 is 6.18 Å². The number of carbonyl (C=O) groups excluding carboxylic acids is 1. The number of amides is 1. The monoisotopic (exact) mass is 271 g/mol. The van der Waals surface area contributed by atoms with Crippen molar-refractivity contribution in [2.24, 2.45) is 0 Å². The molecule has 0 aliphatic heterocycles. The molecule has 0 radical (unpaired) electrons. The number of halogens is 4. The summed E-state index contributed by atoms with van der Waals surface area (Å²) in [6.45, 7) is -1.37. The minimum Gasteiger partial charge on any atom is -0.340 e. The molecule has 0 atom stereocenters. The Labute approximate surface area is 85.0 Å². The second-order valence-electron chi connectivity index (χ2n) is 2.38. The first-order valence-corrected chi connectivity index (χ1v) is 4.23. The van der Waals surface area contributed by atoms with Gasteiger partial charge < -0.3 is 10.3 Å². The molecule has 0 saturated heterocycles. The number of nitrogens with zero attached hydrogens (tertiary/aromatic N) is 1. The van der Waals surface area contributed by atoms with E-state index in [-0.39, 0.29) is 5.82 Å². The largest absolute Gasteiger partial charge is 0.405 e. The predicted octanol–water partition coefficient (Wildman–Crippen LogP) is 1.46. The molecule has 0 fully saturated rings. The molecule has 0 aromatic carbocycles. The molecule has 1 rings (SSSR count). The summed E-state index contributed by atoms with van der Waals surface area (Å²) in [5, 5.41) is 1.67. The van der Waals surface area contributed by atoms with E-state index >= 15 is 0 Å². The van der Waals surface area contributed by atoms with Crippen molar-refractivity contribution in [2.45, 2.75) is 6.18 Å². The van der Waals surface area contributed by atoms with Gasteiger partial charge in [-0.15, -0.1) is 0 Å². The number of carbonyl (C=O) groups is 1. The Morgan fingerprint density at radius 1 is 1.64 bits per heavy atom. The molecule has 78 valence electrons. The molecule has 2 N–H and O–H groups in total. The highest BCUT2D eigenvalue weighted by molar-refractivity contribution is 9.10. The third kappa shape index (κ3) is 3.36. The third-order valence-electron chi connectivity index (χ3n) is 1.21. The number of H-pyrrole nitrogens is 1.